The van der Waals surface area contributed by atoms with Gasteiger partial charge >= 0.3 is 15.6 Å². The molecule has 14 heteroatoms. The largest absolute Gasteiger partial charge is 0.522 e. The Morgan fingerprint density at radius 2 is 1.13 bits per heavy atom. The van der Waals surface area contributed by atoms with Gasteiger partial charge in [-0.05, 0) is 99.5 Å². The summed E-state index contributed by atoms with van der Waals surface area (Å²) >= 11 is 0. The van der Waals surface area contributed by atoms with Gasteiger partial charge in [-0.2, -0.15) is 21.6 Å². The second-order valence-electron chi connectivity index (χ2n) is 8.97. The molecule has 3 rings (SSSR count). The van der Waals surface area contributed by atoms with Crippen molar-refractivity contribution in [1.29, 1.82) is 0 Å². The van der Waals surface area contributed by atoms with Gasteiger partial charge in [-0.15, -0.1) is 0 Å². The maximum absolute atomic E-state index is 12.1. The Morgan fingerprint density at radius 3 is 1.36 bits per heavy atom. The Kier molecular flexibility index (Phi) is 17.0. The van der Waals surface area contributed by atoms with E-state index in [2.05, 4.69) is 52.4 Å². The predicted octanol–water partition coefficient (Wildman–Crippen LogP) is 5.90. The standard InChI is InChI=1S/C25H32N4O2.C5H5N.CHF3O3S/c1-5-28(6-2)24-15-11-20(18-26-24)9-13-22(30)17-23(31)14-10-21-12-16-25(27-19-21)29(7-3)8-4;1-2-4-6-5-3-1;2-1(3,4)8(5,6)7/h9-16,18-19H,5-8,17H2,1-4H3;1-5H;(H,5,6,7)/b13-9+,14-10+;;. The van der Waals surface area contributed by atoms with Gasteiger partial charge in [0.25, 0.3) is 0 Å². The van der Waals surface area contributed by atoms with Crippen LogP contribution in [0.4, 0.5) is 24.8 Å². The van der Waals surface area contributed by atoms with Crippen LogP contribution in [0.5, 0.6) is 0 Å². The quantitative estimate of drug-likeness (QED) is 0.109. The summed E-state index contributed by atoms with van der Waals surface area (Å²) in [6.45, 7) is 11.9. The summed E-state index contributed by atoms with van der Waals surface area (Å²) in [6, 6.07) is 13.4. The van der Waals surface area contributed by atoms with Gasteiger partial charge < -0.3 is 9.80 Å². The van der Waals surface area contributed by atoms with E-state index in [1.165, 1.54) is 12.2 Å². The molecule has 0 unspecified atom stereocenters. The molecule has 3 aromatic heterocycles. The monoisotopic (exact) mass is 649 g/mol. The lowest BCUT2D eigenvalue weighted by atomic mass is 10.1. The molecule has 0 fully saturated rings. The number of hydrogen-bond donors (Lipinski definition) is 1. The first-order chi connectivity index (χ1) is 21.2. The third kappa shape index (κ3) is 15.2. The van der Waals surface area contributed by atoms with E-state index in [0.29, 0.717) is 0 Å². The summed E-state index contributed by atoms with van der Waals surface area (Å²) in [6.07, 6.45) is 13.0. The Labute approximate surface area is 262 Å². The summed E-state index contributed by atoms with van der Waals surface area (Å²) in [4.78, 5) is 41.1. The molecular weight excluding hydrogens is 611 g/mol. The summed E-state index contributed by atoms with van der Waals surface area (Å²) in [5.74, 6) is 1.34. The van der Waals surface area contributed by atoms with E-state index >= 15 is 0 Å². The van der Waals surface area contributed by atoms with Crippen molar-refractivity contribution in [2.45, 2.75) is 39.6 Å². The minimum atomic E-state index is -5.84. The van der Waals surface area contributed by atoms with Crippen LogP contribution in [-0.2, 0) is 19.7 Å². The summed E-state index contributed by atoms with van der Waals surface area (Å²) < 4.78 is 57.5. The number of carbonyl (C=O) groups is 2. The van der Waals surface area contributed by atoms with E-state index in [0.717, 1.165) is 48.9 Å². The molecule has 0 aliphatic rings. The van der Waals surface area contributed by atoms with Crippen LogP contribution in [0, 0.1) is 0 Å². The van der Waals surface area contributed by atoms with E-state index in [-0.39, 0.29) is 18.0 Å². The minimum absolute atomic E-state index is 0.164. The van der Waals surface area contributed by atoms with Crippen LogP contribution in [-0.4, -0.2) is 71.2 Å². The van der Waals surface area contributed by atoms with Gasteiger partial charge in [0.1, 0.15) is 11.6 Å². The Bertz CT molecular complexity index is 1360. The first kappa shape index (κ1) is 38.6. The Hall–Kier alpha value is -4.43. The van der Waals surface area contributed by atoms with Crippen LogP contribution in [0.1, 0.15) is 45.2 Å². The molecule has 3 aromatic rings. The maximum atomic E-state index is 12.1. The molecule has 0 atom stereocenters. The molecule has 0 saturated carbocycles. The molecule has 0 amide bonds. The van der Waals surface area contributed by atoms with Gasteiger partial charge in [-0.25, -0.2) is 9.97 Å². The highest BCUT2D eigenvalue weighted by atomic mass is 32.2. The van der Waals surface area contributed by atoms with Crippen molar-refractivity contribution >= 4 is 45.5 Å². The van der Waals surface area contributed by atoms with Gasteiger partial charge in [-0.1, -0.05) is 6.07 Å². The number of pyridine rings is 3. The number of halogens is 3. The SMILES string of the molecule is CCN(CC)c1ccc(/C=C/C(=O)CC(=O)/C=C/c2ccc(N(CC)CC)nc2)cn1.O=S(=O)(O)C(F)(F)F.c1ccncc1. The average Bonchev–Trinajstić information content (AvgIpc) is 3.02. The molecule has 0 spiro atoms. The fraction of sp³-hybridized carbons (Fsp3) is 0.323. The molecule has 0 aliphatic carbocycles. The van der Waals surface area contributed by atoms with Crippen molar-refractivity contribution in [1.82, 2.24) is 15.0 Å². The zero-order valence-corrected chi connectivity index (χ0v) is 26.4. The lowest BCUT2D eigenvalue weighted by Crippen LogP contribution is -2.22. The molecule has 0 radical (unpaired) electrons. The van der Waals surface area contributed by atoms with Crippen molar-refractivity contribution in [3.63, 3.8) is 0 Å². The van der Waals surface area contributed by atoms with Gasteiger partial charge in [0, 0.05) is 51.0 Å². The number of nitrogens with zero attached hydrogens (tertiary/aromatic N) is 5. The van der Waals surface area contributed by atoms with Crippen LogP contribution in [0.2, 0.25) is 0 Å². The lowest BCUT2D eigenvalue weighted by molar-refractivity contribution is -0.121. The fourth-order valence-corrected chi connectivity index (χ4v) is 3.44. The Balaban J connectivity index is 0.000000591. The second kappa shape index (κ2) is 19.8. The third-order valence-corrected chi connectivity index (χ3v) is 6.43. The molecule has 45 heavy (non-hydrogen) atoms. The number of allylic oxidation sites excluding steroid dienone is 2. The van der Waals surface area contributed by atoms with Crippen molar-refractivity contribution in [3.05, 3.63) is 90.5 Å². The van der Waals surface area contributed by atoms with E-state index in [1.54, 1.807) is 36.9 Å². The van der Waals surface area contributed by atoms with E-state index < -0.39 is 15.6 Å². The summed E-state index contributed by atoms with van der Waals surface area (Å²) in [5, 5.41) is 0. The van der Waals surface area contributed by atoms with E-state index in [4.69, 9.17) is 13.0 Å². The predicted molar refractivity (Wildman–Crippen MR) is 170 cm³/mol. The van der Waals surface area contributed by atoms with Gasteiger partial charge in [0.2, 0.25) is 0 Å². The molecule has 0 aliphatic heterocycles. The number of rotatable bonds is 12. The second-order valence-corrected chi connectivity index (χ2v) is 10.4. The van der Waals surface area contributed by atoms with Gasteiger partial charge in [0.15, 0.2) is 11.6 Å². The molecule has 0 saturated heterocycles. The highest BCUT2D eigenvalue weighted by Gasteiger charge is 2.44. The topological polar surface area (TPSA) is 134 Å². The Morgan fingerprint density at radius 1 is 0.756 bits per heavy atom. The van der Waals surface area contributed by atoms with E-state index in [1.807, 2.05) is 42.5 Å². The van der Waals surface area contributed by atoms with Crippen molar-refractivity contribution in [2.75, 3.05) is 36.0 Å². The normalized spacial score (nSPS) is 11.3. The van der Waals surface area contributed by atoms with Crippen LogP contribution >= 0.6 is 0 Å². The van der Waals surface area contributed by atoms with E-state index in [9.17, 15) is 22.8 Å². The first-order valence-electron chi connectivity index (χ1n) is 14.0. The maximum Gasteiger partial charge on any atom is 0.522 e. The molecular formula is C31H38F3N5O5S. The summed E-state index contributed by atoms with van der Waals surface area (Å²) in [7, 11) is -5.84. The van der Waals surface area contributed by atoms with Crippen LogP contribution in [0.15, 0.2) is 79.4 Å². The summed E-state index contributed by atoms with van der Waals surface area (Å²) in [5.41, 5.74) is -3.88. The van der Waals surface area contributed by atoms with Gasteiger partial charge in [0.05, 0.1) is 6.42 Å². The van der Waals surface area contributed by atoms with Gasteiger partial charge in [-0.3, -0.25) is 19.1 Å². The highest BCUT2D eigenvalue weighted by Crippen LogP contribution is 2.20. The van der Waals surface area contributed by atoms with Crippen molar-refractivity contribution < 1.29 is 35.7 Å². The zero-order chi connectivity index (χ0) is 33.9. The van der Waals surface area contributed by atoms with Crippen LogP contribution in [0.25, 0.3) is 12.2 Å². The zero-order valence-electron chi connectivity index (χ0n) is 25.6. The third-order valence-electron chi connectivity index (χ3n) is 5.85. The highest BCUT2D eigenvalue weighted by molar-refractivity contribution is 7.86. The number of hydrogen-bond acceptors (Lipinski definition) is 9. The fourth-order valence-electron chi connectivity index (χ4n) is 3.44. The van der Waals surface area contributed by atoms with Crippen LogP contribution in [0.3, 0.4) is 0 Å². The van der Waals surface area contributed by atoms with Crippen LogP contribution < -0.4 is 9.80 Å². The molecule has 3 heterocycles. The molecule has 0 bridgehead atoms. The smallest absolute Gasteiger partial charge is 0.357 e. The number of carbonyl (C=O) groups excluding carboxylic acids is 2. The number of alkyl halides is 3. The molecule has 1 N–H and O–H groups in total. The average molecular weight is 650 g/mol. The molecule has 10 nitrogen and oxygen atoms in total. The number of anilines is 2. The van der Waals surface area contributed by atoms with Crippen molar-refractivity contribution in [3.8, 4) is 0 Å². The first-order valence-corrected chi connectivity index (χ1v) is 15.4. The number of ketones is 2. The molecule has 0 aromatic carbocycles. The molecule has 244 valence electrons. The lowest BCUT2D eigenvalue weighted by Gasteiger charge is -2.19. The minimum Gasteiger partial charge on any atom is -0.357 e. The number of aromatic nitrogens is 3. The van der Waals surface area contributed by atoms with Crippen molar-refractivity contribution in [2.24, 2.45) is 0 Å².